The van der Waals surface area contributed by atoms with Crippen LogP contribution in [0.3, 0.4) is 0 Å². The van der Waals surface area contributed by atoms with Gasteiger partial charge in [-0.3, -0.25) is 9.59 Å². The number of carbonyl (C=O) groups excluding carboxylic acids is 2. The van der Waals surface area contributed by atoms with Gasteiger partial charge in [0, 0.05) is 16.3 Å². The molecule has 0 aliphatic carbocycles. The van der Waals surface area contributed by atoms with Gasteiger partial charge in [-0.2, -0.15) is 0 Å². The van der Waals surface area contributed by atoms with Crippen LogP contribution in [0.1, 0.15) is 26.3 Å². The van der Waals surface area contributed by atoms with Gasteiger partial charge < -0.3 is 4.57 Å². The van der Waals surface area contributed by atoms with Crippen molar-refractivity contribution < 1.29 is 9.59 Å². The maximum Gasteiger partial charge on any atom is 0.268 e. The fourth-order valence-electron chi connectivity index (χ4n) is 5.55. The van der Waals surface area contributed by atoms with E-state index < -0.39 is 0 Å². The number of rotatable bonds is 3. The van der Waals surface area contributed by atoms with Crippen molar-refractivity contribution >= 4 is 39.3 Å². The van der Waals surface area contributed by atoms with E-state index in [1.807, 2.05) is 78.9 Å². The smallest absolute Gasteiger partial charge is 0.268 e. The molecule has 0 atom stereocenters. The van der Waals surface area contributed by atoms with E-state index in [2.05, 4.69) is 41.8 Å². The Balaban J connectivity index is 1.46. The van der Waals surface area contributed by atoms with E-state index in [0.29, 0.717) is 22.5 Å². The van der Waals surface area contributed by atoms with E-state index in [9.17, 15) is 9.59 Å². The quantitative estimate of drug-likeness (QED) is 0.246. The lowest BCUT2D eigenvalue weighted by Crippen LogP contribution is -2.30. The third-order valence-electron chi connectivity index (χ3n) is 7.19. The van der Waals surface area contributed by atoms with Gasteiger partial charge in [-0.1, -0.05) is 84.4 Å². The molecule has 37 heavy (non-hydrogen) atoms. The van der Waals surface area contributed by atoms with E-state index in [-0.39, 0.29) is 11.8 Å². The fraction of sp³-hybridized carbons (Fsp3) is 0.0303. The second kappa shape index (κ2) is 8.04. The van der Waals surface area contributed by atoms with Gasteiger partial charge in [0.15, 0.2) is 0 Å². The summed E-state index contributed by atoms with van der Waals surface area (Å²) in [5, 5.41) is 2.23. The van der Waals surface area contributed by atoms with E-state index >= 15 is 0 Å². The molecule has 1 aromatic heterocycles. The highest BCUT2D eigenvalue weighted by Crippen LogP contribution is 2.40. The Hall–Kier alpha value is -4.96. The third-order valence-corrected chi connectivity index (χ3v) is 7.19. The first-order valence-corrected chi connectivity index (χ1v) is 12.3. The summed E-state index contributed by atoms with van der Waals surface area (Å²) in [4.78, 5) is 29.2. The maximum absolute atomic E-state index is 14.1. The normalized spacial score (nSPS) is 13.1. The van der Waals surface area contributed by atoms with Crippen LogP contribution < -0.4 is 4.90 Å². The number of benzene rings is 5. The summed E-state index contributed by atoms with van der Waals surface area (Å²) < 4.78 is 2.11. The van der Waals surface area contributed by atoms with E-state index in [0.717, 1.165) is 32.9 Å². The largest absolute Gasteiger partial charge is 0.308 e. The second-order valence-corrected chi connectivity index (χ2v) is 9.40. The number of carbonyl (C=O) groups is 2. The molecule has 6 aromatic rings. The lowest BCUT2D eigenvalue weighted by Gasteiger charge is -2.18. The Morgan fingerprint density at radius 1 is 0.541 bits per heavy atom. The van der Waals surface area contributed by atoms with Crippen LogP contribution >= 0.6 is 0 Å². The number of anilines is 1. The molecule has 7 rings (SSSR count). The first-order chi connectivity index (χ1) is 18.1. The number of para-hydroxylation sites is 2. The number of nitrogens with zero attached hydrogens (tertiary/aromatic N) is 2. The van der Waals surface area contributed by atoms with Gasteiger partial charge in [-0.05, 0) is 48.9 Å². The van der Waals surface area contributed by atoms with Crippen LogP contribution in [0.4, 0.5) is 5.69 Å². The van der Waals surface area contributed by atoms with Crippen molar-refractivity contribution in [1.29, 1.82) is 0 Å². The summed E-state index contributed by atoms with van der Waals surface area (Å²) in [5.74, 6) is -0.612. The first kappa shape index (κ1) is 21.3. The minimum Gasteiger partial charge on any atom is -0.308 e. The van der Waals surface area contributed by atoms with Crippen LogP contribution in [0.2, 0.25) is 0 Å². The molecular weight excluding hydrogens is 456 g/mol. The zero-order valence-corrected chi connectivity index (χ0v) is 20.2. The number of aromatic nitrogens is 1. The van der Waals surface area contributed by atoms with E-state index in [1.165, 1.54) is 10.5 Å². The van der Waals surface area contributed by atoms with Gasteiger partial charge in [0.1, 0.15) is 0 Å². The minimum absolute atomic E-state index is 0.304. The van der Waals surface area contributed by atoms with Gasteiger partial charge in [-0.25, -0.2) is 4.90 Å². The highest BCUT2D eigenvalue weighted by Gasteiger charge is 2.40. The molecule has 176 valence electrons. The summed E-state index contributed by atoms with van der Waals surface area (Å²) in [6, 6.07) is 37.5. The number of amides is 2. The van der Waals surface area contributed by atoms with Crippen molar-refractivity contribution in [2.24, 2.45) is 0 Å². The molecule has 0 bridgehead atoms. The molecule has 1 aliphatic rings. The molecule has 1 aliphatic heterocycles. The highest BCUT2D eigenvalue weighted by atomic mass is 16.2. The summed E-state index contributed by atoms with van der Waals surface area (Å²) in [6.07, 6.45) is 0. The first-order valence-electron chi connectivity index (χ1n) is 12.3. The van der Waals surface area contributed by atoms with Crippen molar-refractivity contribution in [3.05, 3.63) is 132 Å². The van der Waals surface area contributed by atoms with Gasteiger partial charge in [-0.15, -0.1) is 0 Å². The second-order valence-electron chi connectivity index (χ2n) is 9.40. The molecule has 5 aromatic carbocycles. The molecule has 0 spiro atoms. The standard InChI is InChI=1S/C33H22N2O2/c1-21-18-19-29-26(20-21)24-13-6-8-16-28(24)34(29)30-17-9-14-25-31(30)33(37)35(32(25)36)27-15-7-5-12-23(27)22-10-3-2-4-11-22/h2-20H,1H3. The van der Waals surface area contributed by atoms with Gasteiger partial charge >= 0.3 is 0 Å². The van der Waals surface area contributed by atoms with Crippen molar-refractivity contribution in [3.63, 3.8) is 0 Å². The zero-order chi connectivity index (χ0) is 25.1. The average Bonchev–Trinajstić information content (AvgIpc) is 3.40. The number of imide groups is 1. The fourth-order valence-corrected chi connectivity index (χ4v) is 5.55. The summed E-state index contributed by atoms with van der Waals surface area (Å²) in [6.45, 7) is 2.08. The van der Waals surface area contributed by atoms with Gasteiger partial charge in [0.2, 0.25) is 0 Å². The zero-order valence-electron chi connectivity index (χ0n) is 20.2. The number of aryl methyl sites for hydroxylation is 1. The van der Waals surface area contributed by atoms with Crippen molar-refractivity contribution in [3.8, 4) is 16.8 Å². The molecule has 4 heteroatoms. The Bertz CT molecular complexity index is 1880. The van der Waals surface area contributed by atoms with Gasteiger partial charge in [0.25, 0.3) is 11.8 Å². The molecule has 4 nitrogen and oxygen atoms in total. The molecule has 0 saturated heterocycles. The molecule has 0 N–H and O–H groups in total. The molecule has 0 unspecified atom stereocenters. The molecule has 0 saturated carbocycles. The summed E-state index contributed by atoms with van der Waals surface area (Å²) in [5.41, 5.74) is 7.11. The van der Waals surface area contributed by atoms with Crippen LogP contribution in [0.25, 0.3) is 38.6 Å². The Morgan fingerprint density at radius 2 is 1.22 bits per heavy atom. The number of fused-ring (bicyclic) bond motifs is 4. The van der Waals surface area contributed by atoms with Crippen LogP contribution in [0, 0.1) is 6.92 Å². The molecular formula is C33H22N2O2. The number of hydrogen-bond acceptors (Lipinski definition) is 2. The lowest BCUT2D eigenvalue weighted by molar-refractivity contribution is 0.0926. The molecule has 2 amide bonds. The Morgan fingerprint density at radius 3 is 2.08 bits per heavy atom. The summed E-state index contributed by atoms with van der Waals surface area (Å²) >= 11 is 0. The molecule has 2 heterocycles. The summed E-state index contributed by atoms with van der Waals surface area (Å²) in [7, 11) is 0. The monoisotopic (exact) mass is 478 g/mol. The Kier molecular flexibility index (Phi) is 4.63. The lowest BCUT2D eigenvalue weighted by atomic mass is 10.0. The maximum atomic E-state index is 14.1. The minimum atomic E-state index is -0.308. The van der Waals surface area contributed by atoms with Gasteiger partial charge in [0.05, 0.1) is 33.5 Å². The third kappa shape index (κ3) is 3.09. The highest BCUT2D eigenvalue weighted by molar-refractivity contribution is 6.36. The topological polar surface area (TPSA) is 42.3 Å². The Labute approximate surface area is 214 Å². The number of hydrogen-bond donors (Lipinski definition) is 0. The van der Waals surface area contributed by atoms with Crippen LogP contribution in [-0.2, 0) is 0 Å². The van der Waals surface area contributed by atoms with E-state index in [4.69, 9.17) is 0 Å². The van der Waals surface area contributed by atoms with Crippen molar-refractivity contribution in [2.75, 3.05) is 4.90 Å². The van der Waals surface area contributed by atoms with Crippen LogP contribution in [0.5, 0.6) is 0 Å². The molecule has 0 fully saturated rings. The SMILES string of the molecule is Cc1ccc2c(c1)c1ccccc1n2-c1cccc2c1C(=O)N(c1ccccc1-c1ccccc1)C2=O. The predicted molar refractivity (Wildman–Crippen MR) is 149 cm³/mol. The molecule has 0 radical (unpaired) electrons. The predicted octanol–water partition coefficient (Wildman–Crippen LogP) is 7.56. The van der Waals surface area contributed by atoms with Crippen LogP contribution in [0.15, 0.2) is 115 Å². The average molecular weight is 479 g/mol. The van der Waals surface area contributed by atoms with Crippen LogP contribution in [-0.4, -0.2) is 16.4 Å². The van der Waals surface area contributed by atoms with Crippen molar-refractivity contribution in [1.82, 2.24) is 4.57 Å². The van der Waals surface area contributed by atoms with E-state index in [1.54, 1.807) is 6.07 Å². The van der Waals surface area contributed by atoms with Crippen molar-refractivity contribution in [2.45, 2.75) is 6.92 Å².